The van der Waals surface area contributed by atoms with Gasteiger partial charge in [0.25, 0.3) is 11.7 Å². The van der Waals surface area contributed by atoms with Crippen molar-refractivity contribution in [2.45, 2.75) is 32.0 Å². The minimum Gasteiger partial charge on any atom is -0.507 e. The Balaban J connectivity index is 1.67. The maximum atomic E-state index is 13.4. The number of methoxy groups -OCH3 is 2. The van der Waals surface area contributed by atoms with E-state index in [0.717, 1.165) is 16.9 Å². The number of rotatable bonds is 6. The molecule has 1 saturated heterocycles. The lowest BCUT2D eigenvalue weighted by Gasteiger charge is -2.27. The van der Waals surface area contributed by atoms with Crippen molar-refractivity contribution in [3.8, 4) is 17.2 Å². The monoisotopic (exact) mass is 486 g/mol. The van der Waals surface area contributed by atoms with Crippen molar-refractivity contribution in [3.05, 3.63) is 88.8 Å². The van der Waals surface area contributed by atoms with Crippen LogP contribution in [0.15, 0.2) is 66.5 Å². The first kappa shape index (κ1) is 23.4. The third-order valence-corrected chi connectivity index (χ3v) is 6.52. The fourth-order valence-corrected chi connectivity index (χ4v) is 4.82. The van der Waals surface area contributed by atoms with E-state index >= 15 is 0 Å². The summed E-state index contributed by atoms with van der Waals surface area (Å²) in [5.74, 6) is 0.0366. The maximum Gasteiger partial charge on any atom is 0.295 e. The second kappa shape index (κ2) is 9.37. The Morgan fingerprint density at radius 1 is 1.14 bits per heavy atom. The maximum absolute atomic E-state index is 13.4. The van der Waals surface area contributed by atoms with Crippen LogP contribution in [0.5, 0.6) is 17.2 Å². The summed E-state index contributed by atoms with van der Waals surface area (Å²) in [6.07, 6.45) is 4.01. The van der Waals surface area contributed by atoms with E-state index in [0.29, 0.717) is 29.0 Å². The van der Waals surface area contributed by atoms with Gasteiger partial charge in [0.1, 0.15) is 29.1 Å². The number of ketones is 1. The number of fused-ring (bicyclic) bond motifs is 1. The van der Waals surface area contributed by atoms with E-state index in [1.54, 1.807) is 55.9 Å². The zero-order chi connectivity index (χ0) is 25.4. The molecule has 1 aromatic heterocycles. The summed E-state index contributed by atoms with van der Waals surface area (Å²) in [5, 5.41) is 11.4. The first-order valence-corrected chi connectivity index (χ1v) is 11.6. The quantitative estimate of drug-likeness (QED) is 0.319. The molecule has 36 heavy (non-hydrogen) atoms. The van der Waals surface area contributed by atoms with Gasteiger partial charge in [-0.2, -0.15) is 0 Å². The minimum absolute atomic E-state index is 0.000675. The number of nitrogens with zero attached hydrogens (tertiary/aromatic N) is 2. The number of aliphatic hydroxyl groups excluding tert-OH is 1. The van der Waals surface area contributed by atoms with Crippen molar-refractivity contribution >= 4 is 17.4 Å². The molecule has 5 rings (SSSR count). The predicted molar refractivity (Wildman–Crippen MR) is 132 cm³/mol. The molecule has 8 heteroatoms. The van der Waals surface area contributed by atoms with E-state index in [2.05, 4.69) is 4.98 Å². The van der Waals surface area contributed by atoms with Gasteiger partial charge < -0.3 is 24.2 Å². The molecular formula is C28H26N2O6. The van der Waals surface area contributed by atoms with E-state index in [9.17, 15) is 14.7 Å². The lowest BCUT2D eigenvalue weighted by Crippen LogP contribution is -2.29. The van der Waals surface area contributed by atoms with E-state index in [4.69, 9.17) is 14.2 Å². The fraction of sp³-hybridized carbons (Fsp3) is 0.250. The first-order chi connectivity index (χ1) is 17.4. The Labute approximate surface area is 208 Å². The average molecular weight is 487 g/mol. The van der Waals surface area contributed by atoms with Crippen molar-refractivity contribution in [2.24, 2.45) is 0 Å². The molecule has 1 N–H and O–H groups in total. The van der Waals surface area contributed by atoms with E-state index in [1.165, 1.54) is 12.0 Å². The molecule has 3 heterocycles. The Kier molecular flexibility index (Phi) is 6.10. The minimum atomic E-state index is -0.880. The zero-order valence-corrected chi connectivity index (χ0v) is 20.2. The Bertz CT molecular complexity index is 1370. The summed E-state index contributed by atoms with van der Waals surface area (Å²) in [4.78, 5) is 32.3. The van der Waals surface area contributed by atoms with Crippen LogP contribution in [0, 0.1) is 0 Å². The van der Waals surface area contributed by atoms with Crippen molar-refractivity contribution in [1.82, 2.24) is 9.88 Å². The van der Waals surface area contributed by atoms with E-state index in [-0.39, 0.29) is 24.0 Å². The molecule has 2 unspecified atom stereocenters. The molecular weight excluding hydrogens is 460 g/mol. The molecule has 8 nitrogen and oxygen atoms in total. The summed E-state index contributed by atoms with van der Waals surface area (Å²) in [6.45, 7) is 2.10. The van der Waals surface area contributed by atoms with E-state index in [1.807, 2.05) is 19.1 Å². The number of aromatic nitrogens is 1. The lowest BCUT2D eigenvalue weighted by atomic mass is 9.93. The van der Waals surface area contributed by atoms with Gasteiger partial charge in [0.05, 0.1) is 25.8 Å². The van der Waals surface area contributed by atoms with Crippen LogP contribution in [0.2, 0.25) is 0 Å². The molecule has 0 radical (unpaired) electrons. The number of amides is 1. The van der Waals surface area contributed by atoms with Gasteiger partial charge in [0.15, 0.2) is 0 Å². The Hall–Kier alpha value is -4.33. The molecule has 3 aromatic rings. The van der Waals surface area contributed by atoms with Crippen LogP contribution in [-0.2, 0) is 22.6 Å². The highest BCUT2D eigenvalue weighted by molar-refractivity contribution is 6.46. The van der Waals surface area contributed by atoms with Gasteiger partial charge >= 0.3 is 0 Å². The third kappa shape index (κ3) is 4.04. The highest BCUT2D eigenvalue weighted by Crippen LogP contribution is 2.44. The Morgan fingerprint density at radius 2 is 1.97 bits per heavy atom. The third-order valence-electron chi connectivity index (χ3n) is 6.52. The Morgan fingerprint density at radius 3 is 2.69 bits per heavy atom. The molecule has 0 aliphatic carbocycles. The summed E-state index contributed by atoms with van der Waals surface area (Å²) < 4.78 is 16.7. The van der Waals surface area contributed by atoms with Crippen LogP contribution >= 0.6 is 0 Å². The van der Waals surface area contributed by atoms with Crippen LogP contribution < -0.4 is 14.2 Å². The van der Waals surface area contributed by atoms with Gasteiger partial charge in [-0.15, -0.1) is 0 Å². The molecule has 1 amide bonds. The molecule has 0 bridgehead atoms. The zero-order valence-electron chi connectivity index (χ0n) is 20.2. The first-order valence-electron chi connectivity index (χ1n) is 11.6. The number of benzene rings is 2. The number of hydrogen-bond donors (Lipinski definition) is 1. The number of aliphatic hydroxyl groups is 1. The summed E-state index contributed by atoms with van der Waals surface area (Å²) in [5.41, 5.74) is 2.69. The topological polar surface area (TPSA) is 98.2 Å². The van der Waals surface area contributed by atoms with Gasteiger partial charge in [-0.05, 0) is 54.4 Å². The van der Waals surface area contributed by atoms with Crippen molar-refractivity contribution in [2.75, 3.05) is 14.2 Å². The normalized spacial score (nSPS) is 20.2. The molecule has 0 saturated carbocycles. The fourth-order valence-electron chi connectivity index (χ4n) is 4.82. The smallest absolute Gasteiger partial charge is 0.295 e. The lowest BCUT2D eigenvalue weighted by molar-refractivity contribution is -0.140. The van der Waals surface area contributed by atoms with Crippen LogP contribution in [0.4, 0.5) is 0 Å². The van der Waals surface area contributed by atoms with Gasteiger partial charge in [0.2, 0.25) is 0 Å². The number of carbonyl (C=O) groups excluding carboxylic acids is 2. The van der Waals surface area contributed by atoms with Crippen molar-refractivity contribution < 1.29 is 28.9 Å². The molecule has 184 valence electrons. The van der Waals surface area contributed by atoms with Gasteiger partial charge in [0, 0.05) is 42.6 Å². The number of carbonyl (C=O) groups is 2. The van der Waals surface area contributed by atoms with Crippen molar-refractivity contribution in [3.63, 3.8) is 0 Å². The summed E-state index contributed by atoms with van der Waals surface area (Å²) >= 11 is 0. The molecule has 2 aliphatic rings. The highest BCUT2D eigenvalue weighted by Gasteiger charge is 2.47. The standard InChI is InChI=1S/C28H26N2O6/c1-16-11-19-12-18(6-9-22(19)36-16)26(31)24-25(21-8-7-20(34-2)13-23(21)35-3)30(28(33)27(24)32)15-17-5-4-10-29-14-17/h4-10,12-14,16,25,31H,11,15H2,1-3H3. The average Bonchev–Trinajstić information content (AvgIpc) is 3.39. The molecule has 0 spiro atoms. The summed E-state index contributed by atoms with van der Waals surface area (Å²) in [6, 6.07) is 13.2. The number of Topliss-reactive ketones (excluding diaryl/α,β-unsaturated/α-hetero) is 1. The highest BCUT2D eigenvalue weighted by atomic mass is 16.5. The SMILES string of the molecule is COc1ccc(C2C(=C(O)c3ccc4c(c3)CC(C)O4)C(=O)C(=O)N2Cc2cccnc2)c(OC)c1. The molecule has 2 aromatic carbocycles. The van der Waals surface area contributed by atoms with Gasteiger partial charge in [-0.25, -0.2) is 0 Å². The van der Waals surface area contributed by atoms with Crippen LogP contribution in [0.25, 0.3) is 5.76 Å². The second-order valence-corrected chi connectivity index (χ2v) is 8.85. The van der Waals surface area contributed by atoms with Crippen LogP contribution in [0.3, 0.4) is 0 Å². The number of hydrogen-bond acceptors (Lipinski definition) is 7. The molecule has 1 fully saturated rings. The number of likely N-dealkylation sites (tertiary alicyclic amines) is 1. The van der Waals surface area contributed by atoms with Crippen molar-refractivity contribution in [1.29, 1.82) is 0 Å². The van der Waals surface area contributed by atoms with Crippen LogP contribution in [-0.4, -0.2) is 47.0 Å². The van der Waals surface area contributed by atoms with E-state index < -0.39 is 17.7 Å². The largest absolute Gasteiger partial charge is 0.507 e. The summed E-state index contributed by atoms with van der Waals surface area (Å²) in [7, 11) is 3.05. The number of pyridine rings is 1. The predicted octanol–water partition coefficient (Wildman–Crippen LogP) is 4.04. The number of ether oxygens (including phenoxy) is 3. The van der Waals surface area contributed by atoms with Crippen LogP contribution in [0.1, 0.15) is 35.2 Å². The second-order valence-electron chi connectivity index (χ2n) is 8.85. The van der Waals surface area contributed by atoms with Gasteiger partial charge in [-0.1, -0.05) is 6.07 Å². The molecule has 2 atom stereocenters. The van der Waals surface area contributed by atoms with Gasteiger partial charge in [-0.3, -0.25) is 14.6 Å². The molecule has 2 aliphatic heterocycles.